The molecule has 0 unspecified atom stereocenters. The highest BCUT2D eigenvalue weighted by Gasteiger charge is 2.30. The monoisotopic (exact) mass is 384 g/mol. The Hall–Kier alpha value is -2.22. The van der Waals surface area contributed by atoms with Crippen LogP contribution in [0.25, 0.3) is 10.8 Å². The molecule has 0 spiro atoms. The van der Waals surface area contributed by atoms with Crippen LogP contribution in [-0.2, 0) is 12.7 Å². The number of rotatable bonds is 2. The molecule has 0 aliphatic heterocycles. The Balaban J connectivity index is 2.01. The van der Waals surface area contributed by atoms with E-state index in [-0.39, 0.29) is 6.54 Å². The lowest BCUT2D eigenvalue weighted by Gasteiger charge is -2.08. The third-order valence-corrected chi connectivity index (χ3v) is 3.76. The van der Waals surface area contributed by atoms with E-state index in [1.54, 1.807) is 24.5 Å². The van der Waals surface area contributed by atoms with Crippen molar-refractivity contribution in [2.45, 2.75) is 12.7 Å². The minimum atomic E-state index is -4.41. The van der Waals surface area contributed by atoms with Crippen molar-refractivity contribution < 1.29 is 17.7 Å². The molecule has 0 aliphatic rings. The first kappa shape index (κ1) is 15.7. The molecule has 0 bridgehead atoms. The summed E-state index contributed by atoms with van der Waals surface area (Å²) in [5, 5.41) is 1.40. The fourth-order valence-electron chi connectivity index (χ4n) is 2.23. The van der Waals surface area contributed by atoms with Gasteiger partial charge in [0.05, 0.1) is 22.1 Å². The number of hydrogen-bond acceptors (Lipinski definition) is 2. The predicted octanol–water partition coefficient (Wildman–Crippen LogP) is 3.78. The van der Waals surface area contributed by atoms with Gasteiger partial charge in [-0.05, 0) is 39.7 Å². The van der Waals surface area contributed by atoms with E-state index in [4.69, 9.17) is 0 Å². The van der Waals surface area contributed by atoms with Crippen molar-refractivity contribution in [2.75, 3.05) is 0 Å². The zero-order chi connectivity index (χ0) is 16.6. The molecule has 2 aromatic heterocycles. The minimum Gasteiger partial charge on any atom is -0.248 e. The molecule has 4 nitrogen and oxygen atoms in total. The summed E-state index contributed by atoms with van der Waals surface area (Å²) in [6.45, 7) is 0.0311. The first-order chi connectivity index (χ1) is 10.8. The van der Waals surface area contributed by atoms with Gasteiger partial charge in [-0.1, -0.05) is 12.1 Å². The lowest BCUT2D eigenvalue weighted by molar-refractivity contribution is -0.596. The number of pyridine rings is 1. The van der Waals surface area contributed by atoms with Crippen molar-refractivity contribution in [1.29, 1.82) is 0 Å². The quantitative estimate of drug-likeness (QED) is 0.498. The van der Waals surface area contributed by atoms with Gasteiger partial charge in [-0.2, -0.15) is 13.2 Å². The summed E-state index contributed by atoms with van der Waals surface area (Å²) in [4.78, 5) is 16.1. The topological polar surface area (TPSA) is 40.8 Å². The Kier molecular flexibility index (Phi) is 3.93. The van der Waals surface area contributed by atoms with Gasteiger partial charge in [-0.3, -0.25) is 0 Å². The second-order valence-corrected chi connectivity index (χ2v) is 5.80. The van der Waals surface area contributed by atoms with E-state index in [0.717, 1.165) is 17.5 Å². The van der Waals surface area contributed by atoms with Crippen molar-refractivity contribution in [3.8, 4) is 0 Å². The first-order valence-corrected chi connectivity index (χ1v) is 7.36. The van der Waals surface area contributed by atoms with Crippen LogP contribution in [0.2, 0.25) is 0 Å². The Labute approximate surface area is 136 Å². The van der Waals surface area contributed by atoms with Crippen molar-refractivity contribution in [3.63, 3.8) is 0 Å². The SMILES string of the molecule is O=[n+]1cc2cnc(Br)cc2cn1Cc1cccc(C(F)(F)F)c1. The summed E-state index contributed by atoms with van der Waals surface area (Å²) in [5.74, 6) is 0. The maximum absolute atomic E-state index is 12.8. The zero-order valence-electron chi connectivity index (χ0n) is 11.6. The molecular weight excluding hydrogens is 375 g/mol. The molecule has 0 aliphatic carbocycles. The number of benzene rings is 1. The van der Waals surface area contributed by atoms with Gasteiger partial charge in [-0.15, -0.1) is 4.68 Å². The Morgan fingerprint density at radius 2 is 2.00 bits per heavy atom. The van der Waals surface area contributed by atoms with Crippen LogP contribution >= 0.6 is 15.9 Å². The normalized spacial score (nSPS) is 11.8. The second-order valence-electron chi connectivity index (χ2n) is 4.99. The van der Waals surface area contributed by atoms with Crippen LogP contribution in [0.1, 0.15) is 11.1 Å². The van der Waals surface area contributed by atoms with Gasteiger partial charge in [0, 0.05) is 11.6 Å². The van der Waals surface area contributed by atoms with E-state index < -0.39 is 11.7 Å². The van der Waals surface area contributed by atoms with Crippen LogP contribution in [0, 0.1) is 4.91 Å². The average molecular weight is 385 g/mol. The molecule has 3 rings (SSSR count). The molecule has 118 valence electrons. The van der Waals surface area contributed by atoms with Gasteiger partial charge in [0.15, 0.2) is 4.54 Å². The second kappa shape index (κ2) is 5.77. The maximum atomic E-state index is 12.8. The zero-order valence-corrected chi connectivity index (χ0v) is 13.2. The first-order valence-electron chi connectivity index (χ1n) is 6.57. The van der Waals surface area contributed by atoms with Crippen molar-refractivity contribution in [3.05, 3.63) is 69.6 Å². The van der Waals surface area contributed by atoms with E-state index in [2.05, 4.69) is 20.9 Å². The number of nitrogens with zero attached hydrogens (tertiary/aromatic N) is 3. The maximum Gasteiger partial charge on any atom is 0.416 e. The Morgan fingerprint density at radius 1 is 1.22 bits per heavy atom. The fourth-order valence-corrected chi connectivity index (χ4v) is 2.58. The van der Waals surface area contributed by atoms with Gasteiger partial charge in [0.2, 0.25) is 0 Å². The van der Waals surface area contributed by atoms with Crippen LogP contribution in [0.15, 0.2) is 53.5 Å². The molecule has 0 fully saturated rings. The Morgan fingerprint density at radius 3 is 2.74 bits per heavy atom. The van der Waals surface area contributed by atoms with Crippen molar-refractivity contribution >= 4 is 26.7 Å². The Bertz CT molecular complexity index is 937. The van der Waals surface area contributed by atoms with Gasteiger partial charge in [0.25, 0.3) is 6.20 Å². The summed E-state index contributed by atoms with van der Waals surface area (Å²) in [7, 11) is 0. The highest BCUT2D eigenvalue weighted by atomic mass is 79.9. The van der Waals surface area contributed by atoms with Crippen molar-refractivity contribution in [1.82, 2.24) is 9.67 Å². The molecule has 1 aromatic carbocycles. The van der Waals surface area contributed by atoms with Crippen LogP contribution in [-0.4, -0.2) is 9.67 Å². The molecular formula is C15H10BrF3N3O+. The third kappa shape index (κ3) is 3.42. The van der Waals surface area contributed by atoms with Crippen LogP contribution in [0.4, 0.5) is 13.2 Å². The summed E-state index contributed by atoms with van der Waals surface area (Å²) in [6, 6.07) is 6.66. The lowest BCUT2D eigenvalue weighted by atomic mass is 10.1. The minimum absolute atomic E-state index is 0.0311. The van der Waals surface area contributed by atoms with Crippen LogP contribution in [0.5, 0.6) is 0 Å². The molecule has 0 saturated carbocycles. The van der Waals surface area contributed by atoms with Crippen LogP contribution in [0.3, 0.4) is 0 Å². The van der Waals surface area contributed by atoms with Crippen molar-refractivity contribution in [2.24, 2.45) is 0 Å². The fraction of sp³-hybridized carbons (Fsp3) is 0.133. The summed E-state index contributed by atoms with van der Waals surface area (Å²) >= 11 is 3.24. The van der Waals surface area contributed by atoms with Gasteiger partial charge in [0.1, 0.15) is 11.1 Å². The molecule has 2 heterocycles. The summed E-state index contributed by atoms with van der Waals surface area (Å²) in [6.07, 6.45) is 0.0495. The highest BCUT2D eigenvalue weighted by molar-refractivity contribution is 9.10. The smallest absolute Gasteiger partial charge is 0.248 e. The summed E-state index contributed by atoms with van der Waals surface area (Å²) in [5.41, 5.74) is -0.345. The van der Waals surface area contributed by atoms with E-state index in [0.29, 0.717) is 20.1 Å². The number of hydrogen-bond donors (Lipinski definition) is 0. The molecule has 0 atom stereocenters. The number of halogens is 4. The van der Waals surface area contributed by atoms with Crippen LogP contribution < -0.4 is 4.54 Å². The number of alkyl halides is 3. The predicted molar refractivity (Wildman–Crippen MR) is 81.3 cm³/mol. The molecule has 0 N–H and O–H groups in total. The van der Waals surface area contributed by atoms with Gasteiger partial charge < -0.3 is 0 Å². The highest BCUT2D eigenvalue weighted by Crippen LogP contribution is 2.29. The largest absolute Gasteiger partial charge is 0.416 e. The van der Waals surface area contributed by atoms with Gasteiger partial charge >= 0.3 is 6.18 Å². The molecule has 23 heavy (non-hydrogen) atoms. The lowest BCUT2D eigenvalue weighted by Crippen LogP contribution is -2.30. The number of aromatic nitrogens is 3. The molecule has 8 heteroatoms. The van der Waals surface area contributed by atoms with Gasteiger partial charge in [-0.25, -0.2) is 4.98 Å². The standard InChI is InChI=1S/C15H10BrF3N3O/c16-14-5-11-8-21(22(23)9-12(11)6-20-14)7-10-2-1-3-13(4-10)15(17,18)19/h1-6,8-9H,7H2/q+1. The van der Waals surface area contributed by atoms with E-state index >= 15 is 0 Å². The number of fused-ring (bicyclic) bond motifs is 1. The average Bonchev–Trinajstić information content (AvgIpc) is 2.48. The third-order valence-electron chi connectivity index (χ3n) is 3.32. The molecule has 0 radical (unpaired) electrons. The summed E-state index contributed by atoms with van der Waals surface area (Å²) < 4.78 is 40.7. The van der Waals surface area contributed by atoms with E-state index in [1.807, 2.05) is 0 Å². The molecule has 0 amide bonds. The van der Waals surface area contributed by atoms with E-state index in [1.165, 1.54) is 16.9 Å². The molecule has 0 saturated heterocycles. The molecule has 3 aromatic rings. The van der Waals surface area contributed by atoms with E-state index in [9.17, 15) is 18.1 Å².